The van der Waals surface area contributed by atoms with Crippen molar-refractivity contribution < 1.29 is 14.2 Å². The highest BCUT2D eigenvalue weighted by molar-refractivity contribution is 6.18. The highest BCUT2D eigenvalue weighted by Gasteiger charge is 2.53. The van der Waals surface area contributed by atoms with Gasteiger partial charge in [-0.05, 0) is 39.5 Å². The number of imidazole rings is 1. The van der Waals surface area contributed by atoms with E-state index < -0.39 is 6.04 Å². The van der Waals surface area contributed by atoms with Crippen molar-refractivity contribution >= 4 is 23.7 Å². The van der Waals surface area contributed by atoms with Crippen LogP contribution in [-0.2, 0) is 4.79 Å². The van der Waals surface area contributed by atoms with Crippen LogP contribution in [0.3, 0.4) is 0 Å². The van der Waals surface area contributed by atoms with Crippen molar-refractivity contribution in [1.29, 1.82) is 0 Å². The van der Waals surface area contributed by atoms with E-state index in [1.165, 1.54) is 41.8 Å². The van der Waals surface area contributed by atoms with Gasteiger partial charge in [0.05, 0.1) is 6.04 Å². The third kappa shape index (κ3) is 1.84. The molecule has 0 radical (unpaired) electrons. The maximum atomic E-state index is 12.7. The second kappa shape index (κ2) is 5.16. The Kier molecular flexibility index (Phi) is 3.30. The van der Waals surface area contributed by atoms with Crippen LogP contribution in [0, 0.1) is 13.8 Å². The van der Waals surface area contributed by atoms with E-state index in [0.29, 0.717) is 11.9 Å². The van der Waals surface area contributed by atoms with Gasteiger partial charge in [-0.3, -0.25) is 14.6 Å². The number of nitrogens with zero attached hydrogens (tertiary/aromatic N) is 5. The molecule has 4 rings (SSSR count). The molecule has 7 nitrogen and oxygen atoms in total. The lowest BCUT2D eigenvalue weighted by Gasteiger charge is -2.30. The molecule has 3 heterocycles. The second-order valence-corrected chi connectivity index (χ2v) is 7.11. The van der Waals surface area contributed by atoms with Crippen molar-refractivity contribution in [1.82, 2.24) is 14.4 Å². The molecule has 1 unspecified atom stereocenters. The molecule has 128 valence electrons. The summed E-state index contributed by atoms with van der Waals surface area (Å²) in [6, 6.07) is -0.400. The van der Waals surface area contributed by atoms with Crippen molar-refractivity contribution in [3.63, 3.8) is 0 Å². The highest BCUT2D eigenvalue weighted by Crippen LogP contribution is 2.37. The summed E-state index contributed by atoms with van der Waals surface area (Å²) in [6.07, 6.45) is 6.07. The number of urea groups is 1. The van der Waals surface area contributed by atoms with Crippen LogP contribution in [0.25, 0.3) is 0 Å². The van der Waals surface area contributed by atoms with Crippen LogP contribution in [0.4, 0.5) is 10.7 Å². The van der Waals surface area contributed by atoms with Gasteiger partial charge < -0.3 is 0 Å². The normalized spacial score (nSPS) is 24.3. The van der Waals surface area contributed by atoms with Crippen LogP contribution in [0.1, 0.15) is 55.6 Å². The third-order valence-corrected chi connectivity index (χ3v) is 5.82. The Morgan fingerprint density at radius 1 is 1.04 bits per heavy atom. The third-order valence-electron chi connectivity index (χ3n) is 5.82. The first kappa shape index (κ1) is 15.4. The molecule has 24 heavy (non-hydrogen) atoms. The summed E-state index contributed by atoms with van der Waals surface area (Å²) in [5.41, 5.74) is 2.23. The lowest BCUT2D eigenvalue weighted by molar-refractivity contribution is -0.682. The van der Waals surface area contributed by atoms with Gasteiger partial charge in [-0.25, -0.2) is 13.9 Å². The molecule has 1 aromatic heterocycles. The van der Waals surface area contributed by atoms with E-state index in [0.717, 1.165) is 24.5 Å². The number of amides is 3. The number of hydrogen-bond donors (Lipinski definition) is 0. The number of carbonyl (C=O) groups excluding carboxylic acids is 2. The van der Waals surface area contributed by atoms with Crippen molar-refractivity contribution in [2.45, 2.75) is 58.0 Å². The molecule has 1 atom stereocenters. The van der Waals surface area contributed by atoms with Crippen molar-refractivity contribution in [3.8, 4) is 0 Å². The van der Waals surface area contributed by atoms with Gasteiger partial charge in [0.15, 0.2) is 0 Å². The monoisotopic (exact) mass is 330 g/mol. The highest BCUT2D eigenvalue weighted by atomic mass is 16.2. The molecule has 7 heteroatoms. The van der Waals surface area contributed by atoms with Gasteiger partial charge in [0, 0.05) is 14.1 Å². The molecule has 1 aromatic rings. The van der Waals surface area contributed by atoms with Gasteiger partial charge in [-0.1, -0.05) is 11.4 Å². The largest absolute Gasteiger partial charge is 0.402 e. The average Bonchev–Trinajstić information content (AvgIpc) is 3.08. The summed E-state index contributed by atoms with van der Waals surface area (Å²) in [5.74, 6) is 1.16. The van der Waals surface area contributed by atoms with Gasteiger partial charge >= 0.3 is 12.0 Å². The number of imide groups is 1. The first-order valence-corrected chi connectivity index (χ1v) is 8.70. The number of fused-ring (bicyclic) bond motifs is 3. The molecule has 0 aromatic carbocycles. The van der Waals surface area contributed by atoms with Crippen LogP contribution in [0.5, 0.6) is 0 Å². The van der Waals surface area contributed by atoms with E-state index in [1.54, 1.807) is 7.05 Å². The van der Waals surface area contributed by atoms with E-state index in [2.05, 4.69) is 11.5 Å². The Morgan fingerprint density at radius 3 is 2.38 bits per heavy atom. The van der Waals surface area contributed by atoms with Gasteiger partial charge in [0.2, 0.25) is 11.9 Å². The first-order valence-electron chi connectivity index (χ1n) is 8.70. The quantitative estimate of drug-likeness (QED) is 0.740. The molecule has 2 fully saturated rings. The van der Waals surface area contributed by atoms with E-state index >= 15 is 0 Å². The fourth-order valence-electron chi connectivity index (χ4n) is 4.32. The van der Waals surface area contributed by atoms with Crippen LogP contribution in [0.2, 0.25) is 0 Å². The average molecular weight is 330 g/mol. The summed E-state index contributed by atoms with van der Waals surface area (Å²) in [7, 11) is 3.23. The zero-order valence-electron chi connectivity index (χ0n) is 14.7. The molecule has 0 spiro atoms. The summed E-state index contributed by atoms with van der Waals surface area (Å²) < 4.78 is 4.31. The van der Waals surface area contributed by atoms with Crippen molar-refractivity contribution in [3.05, 3.63) is 11.4 Å². The zero-order valence-corrected chi connectivity index (χ0v) is 14.7. The van der Waals surface area contributed by atoms with Crippen LogP contribution in [-0.4, -0.2) is 46.2 Å². The molecular formula is C17H24N5O2+. The summed E-state index contributed by atoms with van der Waals surface area (Å²) in [4.78, 5) is 32.4. The van der Waals surface area contributed by atoms with Gasteiger partial charge in [0.1, 0.15) is 11.4 Å². The Bertz CT molecular complexity index is 772. The molecule has 3 amide bonds. The van der Waals surface area contributed by atoms with E-state index in [9.17, 15) is 9.59 Å². The number of likely N-dealkylation sites (N-methyl/N-ethyl adjacent to an activating group) is 2. The Morgan fingerprint density at radius 2 is 1.71 bits per heavy atom. The minimum atomic E-state index is -0.517. The summed E-state index contributed by atoms with van der Waals surface area (Å²) in [5, 5.41) is 0. The maximum Gasteiger partial charge on any atom is 0.402 e. The lowest BCUT2D eigenvalue weighted by Crippen LogP contribution is -2.62. The smallest absolute Gasteiger partial charge is 0.270 e. The number of aliphatic imine (C=N–C) groups is 1. The van der Waals surface area contributed by atoms with Crippen molar-refractivity contribution in [2.24, 2.45) is 4.99 Å². The van der Waals surface area contributed by atoms with Gasteiger partial charge in [0.25, 0.3) is 5.91 Å². The van der Waals surface area contributed by atoms with E-state index in [4.69, 9.17) is 4.99 Å². The molecule has 2 aliphatic heterocycles. The molecule has 3 aliphatic rings. The Balaban J connectivity index is 1.87. The van der Waals surface area contributed by atoms with Crippen LogP contribution < -0.4 is 4.57 Å². The van der Waals surface area contributed by atoms with Gasteiger partial charge in [-0.2, -0.15) is 0 Å². The SMILES string of the molecule is Cc1c(C)[n+]2c(n1C1CCCCC1)N=C1C2C(=O)N(C)C(=O)N1C. The molecule has 1 saturated heterocycles. The van der Waals surface area contributed by atoms with E-state index in [1.807, 2.05) is 11.5 Å². The Hall–Kier alpha value is -2.18. The minimum absolute atomic E-state index is 0.204. The van der Waals surface area contributed by atoms with Gasteiger partial charge in [-0.15, -0.1) is 0 Å². The van der Waals surface area contributed by atoms with Crippen molar-refractivity contribution in [2.75, 3.05) is 14.1 Å². The number of aromatic nitrogens is 2. The molecule has 1 saturated carbocycles. The lowest BCUT2D eigenvalue weighted by atomic mass is 9.95. The number of rotatable bonds is 1. The fourth-order valence-corrected chi connectivity index (χ4v) is 4.32. The number of carbonyl (C=O) groups is 2. The maximum absolute atomic E-state index is 12.7. The number of hydrogen-bond acceptors (Lipinski definition) is 3. The summed E-state index contributed by atoms with van der Waals surface area (Å²) >= 11 is 0. The van der Waals surface area contributed by atoms with Crippen LogP contribution in [0.15, 0.2) is 4.99 Å². The minimum Gasteiger partial charge on any atom is -0.270 e. The Labute approximate surface area is 141 Å². The van der Waals surface area contributed by atoms with Crippen LogP contribution >= 0.6 is 0 Å². The molecule has 0 N–H and O–H groups in total. The summed E-state index contributed by atoms with van der Waals surface area (Å²) in [6.45, 7) is 4.15. The first-order chi connectivity index (χ1) is 11.4. The molecular weight excluding hydrogens is 306 g/mol. The molecule has 0 bridgehead atoms. The zero-order chi connectivity index (χ0) is 17.2. The predicted octanol–water partition coefficient (Wildman–Crippen LogP) is 2.01. The topological polar surface area (TPSA) is 61.8 Å². The number of amidine groups is 1. The molecule has 1 aliphatic carbocycles. The fraction of sp³-hybridized carbons (Fsp3) is 0.647. The van der Waals surface area contributed by atoms with E-state index in [-0.39, 0.29) is 11.9 Å². The second-order valence-electron chi connectivity index (χ2n) is 7.11. The standard InChI is InChI=1S/C17H24N5O2/c1-10-11(2)22-13-14(19(3)17(24)20(4)15(13)23)18-16(22)21(10)12-8-6-5-7-9-12/h12-13H,5-9H2,1-4H3/q+1. The predicted molar refractivity (Wildman–Crippen MR) is 88.3 cm³/mol.